The summed E-state index contributed by atoms with van der Waals surface area (Å²) in [5.41, 5.74) is 0.510. The van der Waals surface area contributed by atoms with E-state index in [4.69, 9.17) is 0 Å². The quantitative estimate of drug-likeness (QED) is 0.582. The third kappa shape index (κ3) is 4.30. The van der Waals surface area contributed by atoms with Gasteiger partial charge in [0.15, 0.2) is 11.6 Å². The maximum Gasteiger partial charge on any atom is 0.162 e. The second-order valence-electron chi connectivity index (χ2n) is 4.23. The fourth-order valence-electron chi connectivity index (χ4n) is 1.84. The molecule has 1 rings (SSSR count). The number of halogens is 2. The summed E-state index contributed by atoms with van der Waals surface area (Å²) in [6.07, 6.45) is 7.66. The first kappa shape index (κ1) is 13.1. The van der Waals surface area contributed by atoms with Crippen molar-refractivity contribution in [3.05, 3.63) is 35.4 Å². The first-order valence-corrected chi connectivity index (χ1v) is 6.18. The predicted molar refractivity (Wildman–Crippen MR) is 63.4 cm³/mol. The molecule has 0 aliphatic rings. The van der Waals surface area contributed by atoms with E-state index in [0.29, 0.717) is 12.0 Å². The maximum absolute atomic E-state index is 13.3. The van der Waals surface area contributed by atoms with E-state index in [1.54, 1.807) is 12.1 Å². The van der Waals surface area contributed by atoms with Gasteiger partial charge >= 0.3 is 0 Å². The molecule has 0 radical (unpaired) electrons. The Morgan fingerprint density at radius 1 is 0.938 bits per heavy atom. The van der Waals surface area contributed by atoms with Crippen LogP contribution in [0.15, 0.2) is 18.2 Å². The van der Waals surface area contributed by atoms with Crippen molar-refractivity contribution in [3.63, 3.8) is 0 Å². The predicted octanol–water partition coefficient (Wildman–Crippen LogP) is 4.87. The van der Waals surface area contributed by atoms with Crippen molar-refractivity contribution in [1.82, 2.24) is 0 Å². The molecule has 0 bridgehead atoms. The van der Waals surface area contributed by atoms with Gasteiger partial charge in [0.05, 0.1) is 0 Å². The molecular weight excluding hydrogens is 206 g/mol. The minimum Gasteiger partial charge on any atom is -0.204 e. The topological polar surface area (TPSA) is 0 Å². The standard InChI is InChI=1S/C14H20F2/c1-2-3-4-5-6-7-9-12-10-8-11-13(15)14(12)16/h8,10-11H,2-7,9H2,1H3. The van der Waals surface area contributed by atoms with Gasteiger partial charge in [-0.3, -0.25) is 0 Å². The maximum atomic E-state index is 13.3. The second kappa shape index (κ2) is 7.37. The third-order valence-electron chi connectivity index (χ3n) is 2.83. The minimum atomic E-state index is -0.733. The third-order valence-corrected chi connectivity index (χ3v) is 2.83. The number of unbranched alkanes of at least 4 members (excludes halogenated alkanes) is 5. The van der Waals surface area contributed by atoms with Gasteiger partial charge in [0.2, 0.25) is 0 Å². The molecule has 0 saturated heterocycles. The summed E-state index contributed by atoms with van der Waals surface area (Å²) in [6.45, 7) is 2.18. The Labute approximate surface area is 96.7 Å². The van der Waals surface area contributed by atoms with Crippen molar-refractivity contribution >= 4 is 0 Å². The highest BCUT2D eigenvalue weighted by molar-refractivity contribution is 5.18. The van der Waals surface area contributed by atoms with Gasteiger partial charge in [-0.1, -0.05) is 51.2 Å². The van der Waals surface area contributed by atoms with Crippen LogP contribution in [0.4, 0.5) is 8.78 Å². The lowest BCUT2D eigenvalue weighted by Gasteiger charge is -2.03. The molecule has 1 aromatic carbocycles. The van der Waals surface area contributed by atoms with E-state index in [2.05, 4.69) is 6.92 Å². The monoisotopic (exact) mass is 226 g/mol. The van der Waals surface area contributed by atoms with Crippen molar-refractivity contribution in [3.8, 4) is 0 Å². The van der Waals surface area contributed by atoms with Crippen molar-refractivity contribution < 1.29 is 8.78 Å². The summed E-state index contributed by atoms with van der Waals surface area (Å²) < 4.78 is 26.1. The van der Waals surface area contributed by atoms with Crippen molar-refractivity contribution in [2.24, 2.45) is 0 Å². The molecule has 0 aliphatic heterocycles. The van der Waals surface area contributed by atoms with Crippen LogP contribution in [0.25, 0.3) is 0 Å². The average Bonchev–Trinajstić information content (AvgIpc) is 2.29. The highest BCUT2D eigenvalue weighted by Crippen LogP contribution is 2.15. The highest BCUT2D eigenvalue weighted by atomic mass is 19.2. The molecule has 0 nitrogen and oxygen atoms in total. The van der Waals surface area contributed by atoms with Gasteiger partial charge in [0.1, 0.15) is 0 Å². The van der Waals surface area contributed by atoms with Gasteiger partial charge < -0.3 is 0 Å². The number of hydrogen-bond acceptors (Lipinski definition) is 0. The van der Waals surface area contributed by atoms with E-state index in [1.807, 2.05) is 0 Å². The van der Waals surface area contributed by atoms with Crippen LogP contribution in [0.5, 0.6) is 0 Å². The lowest BCUT2D eigenvalue weighted by molar-refractivity contribution is 0.495. The zero-order chi connectivity index (χ0) is 11.8. The van der Waals surface area contributed by atoms with Crippen molar-refractivity contribution in [2.75, 3.05) is 0 Å². The Morgan fingerprint density at radius 3 is 2.38 bits per heavy atom. The van der Waals surface area contributed by atoms with Crippen LogP contribution >= 0.6 is 0 Å². The molecule has 0 aliphatic carbocycles. The second-order valence-corrected chi connectivity index (χ2v) is 4.23. The molecule has 0 spiro atoms. The molecule has 16 heavy (non-hydrogen) atoms. The largest absolute Gasteiger partial charge is 0.204 e. The zero-order valence-electron chi connectivity index (χ0n) is 9.94. The van der Waals surface area contributed by atoms with Gasteiger partial charge in [-0.25, -0.2) is 8.78 Å². The SMILES string of the molecule is CCCCCCCCc1cccc(F)c1F. The van der Waals surface area contributed by atoms with E-state index >= 15 is 0 Å². The van der Waals surface area contributed by atoms with Crippen LogP contribution in [-0.4, -0.2) is 0 Å². The molecule has 0 unspecified atom stereocenters. The summed E-state index contributed by atoms with van der Waals surface area (Å²) in [6, 6.07) is 4.41. The summed E-state index contributed by atoms with van der Waals surface area (Å²) >= 11 is 0. The first-order chi connectivity index (χ1) is 7.75. The molecule has 0 N–H and O–H groups in total. The normalized spacial score (nSPS) is 10.7. The Kier molecular flexibility index (Phi) is 6.05. The summed E-state index contributed by atoms with van der Waals surface area (Å²) in [5, 5.41) is 0. The Bertz CT molecular complexity index is 308. The molecule has 0 atom stereocenters. The molecule has 1 aromatic rings. The van der Waals surface area contributed by atoms with E-state index in [0.717, 1.165) is 12.8 Å². The lowest BCUT2D eigenvalue weighted by Crippen LogP contribution is -1.94. The first-order valence-electron chi connectivity index (χ1n) is 6.18. The Balaban J connectivity index is 2.24. The summed E-state index contributed by atoms with van der Waals surface area (Å²) in [4.78, 5) is 0. The summed E-state index contributed by atoms with van der Waals surface area (Å²) in [5.74, 6) is -1.40. The zero-order valence-corrected chi connectivity index (χ0v) is 9.94. The molecule has 0 saturated carbocycles. The van der Waals surface area contributed by atoms with Gasteiger partial charge in [-0.2, -0.15) is 0 Å². The van der Waals surface area contributed by atoms with Gasteiger partial charge in [0.25, 0.3) is 0 Å². The number of aryl methyl sites for hydroxylation is 1. The van der Waals surface area contributed by atoms with E-state index in [1.165, 1.54) is 31.7 Å². The van der Waals surface area contributed by atoms with Crippen LogP contribution < -0.4 is 0 Å². The molecule has 0 fully saturated rings. The lowest BCUT2D eigenvalue weighted by atomic mass is 10.0. The van der Waals surface area contributed by atoms with Crippen LogP contribution in [0.3, 0.4) is 0 Å². The van der Waals surface area contributed by atoms with Gasteiger partial charge in [-0.05, 0) is 24.5 Å². The van der Waals surface area contributed by atoms with Crippen LogP contribution in [0.1, 0.15) is 51.0 Å². The number of hydrogen-bond donors (Lipinski definition) is 0. The molecule has 2 heteroatoms. The van der Waals surface area contributed by atoms with Crippen LogP contribution in [-0.2, 0) is 6.42 Å². The van der Waals surface area contributed by atoms with Crippen molar-refractivity contribution in [2.45, 2.75) is 51.9 Å². The molecule has 90 valence electrons. The van der Waals surface area contributed by atoms with E-state index in [-0.39, 0.29) is 0 Å². The van der Waals surface area contributed by atoms with Gasteiger partial charge in [0, 0.05) is 0 Å². The van der Waals surface area contributed by atoms with Crippen LogP contribution in [0.2, 0.25) is 0 Å². The van der Waals surface area contributed by atoms with E-state index in [9.17, 15) is 8.78 Å². The smallest absolute Gasteiger partial charge is 0.162 e. The molecule has 0 amide bonds. The molecular formula is C14H20F2. The number of rotatable bonds is 7. The number of benzene rings is 1. The van der Waals surface area contributed by atoms with Crippen molar-refractivity contribution in [1.29, 1.82) is 0 Å². The fraction of sp³-hybridized carbons (Fsp3) is 0.571. The minimum absolute atomic E-state index is 0.510. The van der Waals surface area contributed by atoms with E-state index < -0.39 is 11.6 Å². The fourth-order valence-corrected chi connectivity index (χ4v) is 1.84. The summed E-state index contributed by atoms with van der Waals surface area (Å²) in [7, 11) is 0. The Morgan fingerprint density at radius 2 is 1.62 bits per heavy atom. The molecule has 0 aromatic heterocycles. The van der Waals surface area contributed by atoms with Gasteiger partial charge in [-0.15, -0.1) is 0 Å². The van der Waals surface area contributed by atoms with Crippen LogP contribution in [0, 0.1) is 11.6 Å². The molecule has 0 heterocycles. The average molecular weight is 226 g/mol. The highest BCUT2D eigenvalue weighted by Gasteiger charge is 2.06. The Hall–Kier alpha value is -0.920.